The molecule has 1 aliphatic rings. The van der Waals surface area contributed by atoms with Crippen molar-refractivity contribution in [3.63, 3.8) is 0 Å². The van der Waals surface area contributed by atoms with Crippen LogP contribution in [0.15, 0.2) is 28.8 Å². The van der Waals surface area contributed by atoms with E-state index in [1.807, 2.05) is 18.1 Å². The van der Waals surface area contributed by atoms with Gasteiger partial charge >= 0.3 is 0 Å². The monoisotopic (exact) mass is 349 g/mol. The van der Waals surface area contributed by atoms with E-state index in [1.165, 1.54) is 12.1 Å². The number of nitrogens with zero attached hydrogens (tertiary/aromatic N) is 3. The first-order valence-corrected chi connectivity index (χ1v) is 9.28. The average Bonchev–Trinajstić information content (AvgIpc) is 3.11. The highest BCUT2D eigenvalue weighted by Gasteiger charge is 2.30. The molecule has 0 bridgehead atoms. The number of carbonyl (C=O) groups is 1. The molecule has 1 saturated heterocycles. The molecule has 1 aromatic carbocycles. The van der Waals surface area contributed by atoms with Gasteiger partial charge < -0.3 is 9.42 Å². The number of amides is 1. The molecule has 0 spiro atoms. The van der Waals surface area contributed by atoms with Crippen LogP contribution < -0.4 is 0 Å². The van der Waals surface area contributed by atoms with Crippen molar-refractivity contribution < 1.29 is 13.7 Å². The molecule has 0 saturated carbocycles. The summed E-state index contributed by atoms with van der Waals surface area (Å²) in [5, 5.41) is 3.92. The Morgan fingerprint density at radius 2 is 2.33 bits per heavy atom. The molecule has 1 amide bonds. The highest BCUT2D eigenvalue weighted by molar-refractivity contribution is 7.99. The summed E-state index contributed by atoms with van der Waals surface area (Å²) in [5.74, 6) is 0.747. The number of carbonyl (C=O) groups excluding carboxylic acids is 1. The van der Waals surface area contributed by atoms with Crippen LogP contribution in [-0.4, -0.2) is 45.5 Å². The third-order valence-electron chi connectivity index (χ3n) is 4.31. The first-order valence-electron chi connectivity index (χ1n) is 7.99. The van der Waals surface area contributed by atoms with Crippen LogP contribution in [0, 0.1) is 5.82 Å². The molecule has 2 atom stereocenters. The molecule has 2 aromatic rings. The fourth-order valence-electron chi connectivity index (χ4n) is 2.88. The van der Waals surface area contributed by atoms with Crippen molar-refractivity contribution in [1.82, 2.24) is 15.0 Å². The summed E-state index contributed by atoms with van der Waals surface area (Å²) in [6.07, 6.45) is 3.75. The highest BCUT2D eigenvalue weighted by Crippen LogP contribution is 2.28. The van der Waals surface area contributed by atoms with Gasteiger partial charge in [-0.25, -0.2) is 4.39 Å². The normalized spacial score (nSPS) is 19.3. The van der Waals surface area contributed by atoms with Gasteiger partial charge in [0.15, 0.2) is 0 Å². The summed E-state index contributed by atoms with van der Waals surface area (Å²) < 4.78 is 18.7. The molecule has 7 heteroatoms. The van der Waals surface area contributed by atoms with Crippen LogP contribution in [0.5, 0.6) is 0 Å². The Bertz CT molecular complexity index is 721. The third kappa shape index (κ3) is 3.61. The number of hydrogen-bond donors (Lipinski definition) is 0. The number of aromatic nitrogens is 2. The summed E-state index contributed by atoms with van der Waals surface area (Å²) in [6.45, 7) is 3.28. The van der Waals surface area contributed by atoms with E-state index in [-0.39, 0.29) is 22.9 Å². The Morgan fingerprint density at radius 3 is 3.08 bits per heavy atom. The van der Waals surface area contributed by atoms with E-state index >= 15 is 0 Å². The van der Waals surface area contributed by atoms with Gasteiger partial charge in [-0.2, -0.15) is 16.7 Å². The number of hydrogen-bond acceptors (Lipinski definition) is 5. The van der Waals surface area contributed by atoms with Gasteiger partial charge in [0.05, 0.1) is 11.2 Å². The summed E-state index contributed by atoms with van der Waals surface area (Å²) in [5.41, 5.74) is 0.588. The van der Waals surface area contributed by atoms with Gasteiger partial charge in [0.1, 0.15) is 5.82 Å². The maximum Gasteiger partial charge on any atom is 0.235 e. The molecule has 0 radical (unpaired) electrons. The van der Waals surface area contributed by atoms with Crippen LogP contribution in [0.1, 0.15) is 31.6 Å². The van der Waals surface area contributed by atoms with E-state index < -0.39 is 0 Å². The van der Waals surface area contributed by atoms with Crippen LogP contribution in [0.4, 0.5) is 4.39 Å². The number of likely N-dealkylation sites (tertiary alicyclic amines) is 1. The molecule has 0 aliphatic carbocycles. The average molecular weight is 349 g/mol. The molecule has 5 nitrogen and oxygen atoms in total. The first-order chi connectivity index (χ1) is 11.6. The molecule has 0 N–H and O–H groups in total. The second-order valence-electron chi connectivity index (χ2n) is 5.97. The molecule has 3 rings (SSSR count). The highest BCUT2D eigenvalue weighted by atomic mass is 32.2. The lowest BCUT2D eigenvalue weighted by Crippen LogP contribution is -2.42. The minimum atomic E-state index is -0.334. The van der Waals surface area contributed by atoms with Crippen molar-refractivity contribution in [1.29, 1.82) is 0 Å². The second kappa shape index (κ2) is 7.34. The molecule has 2 heterocycles. The Morgan fingerprint density at radius 1 is 1.50 bits per heavy atom. The predicted octanol–water partition coefficient (Wildman–Crippen LogP) is 3.33. The third-order valence-corrected chi connectivity index (χ3v) is 5.22. The van der Waals surface area contributed by atoms with Gasteiger partial charge in [0.25, 0.3) is 0 Å². The molecule has 24 heavy (non-hydrogen) atoms. The van der Waals surface area contributed by atoms with E-state index in [0.29, 0.717) is 23.8 Å². The lowest BCUT2D eigenvalue weighted by atomic mass is 9.97. The Hall–Kier alpha value is -1.89. The molecule has 1 fully saturated rings. The lowest BCUT2D eigenvalue weighted by molar-refractivity contribution is -0.131. The number of thioether (sulfide) groups is 1. The maximum absolute atomic E-state index is 13.3. The van der Waals surface area contributed by atoms with E-state index in [1.54, 1.807) is 23.9 Å². The second-order valence-corrected chi connectivity index (χ2v) is 7.15. The summed E-state index contributed by atoms with van der Waals surface area (Å²) in [6, 6.07) is 6.12. The Labute approximate surface area is 144 Å². The van der Waals surface area contributed by atoms with Gasteiger partial charge in [-0.05, 0) is 38.2 Å². The number of benzene rings is 1. The zero-order valence-corrected chi connectivity index (χ0v) is 14.6. The molecular formula is C17H20FN3O2S. The van der Waals surface area contributed by atoms with E-state index in [0.717, 1.165) is 19.4 Å². The van der Waals surface area contributed by atoms with Crippen molar-refractivity contribution in [2.24, 2.45) is 0 Å². The fourth-order valence-corrected chi connectivity index (χ4v) is 3.23. The van der Waals surface area contributed by atoms with Crippen molar-refractivity contribution in [3.05, 3.63) is 36.0 Å². The first kappa shape index (κ1) is 17.0. The minimum Gasteiger partial charge on any atom is -0.341 e. The van der Waals surface area contributed by atoms with E-state index in [4.69, 9.17) is 4.52 Å². The maximum atomic E-state index is 13.3. The molecule has 1 aliphatic heterocycles. The van der Waals surface area contributed by atoms with Crippen LogP contribution in [-0.2, 0) is 4.79 Å². The van der Waals surface area contributed by atoms with Gasteiger partial charge in [-0.15, -0.1) is 0 Å². The van der Waals surface area contributed by atoms with Crippen LogP contribution in [0.2, 0.25) is 0 Å². The van der Waals surface area contributed by atoms with Crippen LogP contribution >= 0.6 is 11.8 Å². The van der Waals surface area contributed by atoms with Gasteiger partial charge in [-0.1, -0.05) is 17.3 Å². The van der Waals surface area contributed by atoms with Crippen LogP contribution in [0.25, 0.3) is 11.4 Å². The van der Waals surface area contributed by atoms with Gasteiger partial charge in [0, 0.05) is 18.7 Å². The largest absolute Gasteiger partial charge is 0.341 e. The Kier molecular flexibility index (Phi) is 5.18. The number of rotatable bonds is 4. The predicted molar refractivity (Wildman–Crippen MR) is 91.2 cm³/mol. The molecule has 1 aromatic heterocycles. The van der Waals surface area contributed by atoms with E-state index in [9.17, 15) is 9.18 Å². The molecular weight excluding hydrogens is 329 g/mol. The minimum absolute atomic E-state index is 0.0339. The number of piperidine rings is 1. The standard InChI is InChI=1S/C17H20FN3O2S/c1-11(24-2)17(22)21-8-4-6-13(10-21)16-19-15(20-23-16)12-5-3-7-14(18)9-12/h3,5,7,9,11,13H,4,6,8,10H2,1-2H3/t11-,13+/m1/s1. The summed E-state index contributed by atoms with van der Waals surface area (Å²) in [7, 11) is 0. The topological polar surface area (TPSA) is 59.2 Å². The van der Waals surface area contributed by atoms with E-state index in [2.05, 4.69) is 10.1 Å². The fraction of sp³-hybridized carbons (Fsp3) is 0.471. The van der Waals surface area contributed by atoms with Crippen molar-refractivity contribution in [2.75, 3.05) is 19.3 Å². The van der Waals surface area contributed by atoms with Crippen molar-refractivity contribution in [2.45, 2.75) is 30.9 Å². The lowest BCUT2D eigenvalue weighted by Gasteiger charge is -2.32. The van der Waals surface area contributed by atoms with Gasteiger partial charge in [0.2, 0.25) is 17.6 Å². The SMILES string of the molecule is CS[C@H](C)C(=O)N1CCC[C@H](c2nc(-c3cccc(F)c3)no2)C1. The van der Waals surface area contributed by atoms with Crippen molar-refractivity contribution in [3.8, 4) is 11.4 Å². The van der Waals surface area contributed by atoms with Crippen LogP contribution in [0.3, 0.4) is 0 Å². The smallest absolute Gasteiger partial charge is 0.235 e. The zero-order chi connectivity index (χ0) is 17.1. The summed E-state index contributed by atoms with van der Waals surface area (Å²) in [4.78, 5) is 18.7. The summed E-state index contributed by atoms with van der Waals surface area (Å²) >= 11 is 1.55. The molecule has 0 unspecified atom stereocenters. The van der Waals surface area contributed by atoms with Crippen molar-refractivity contribution >= 4 is 17.7 Å². The Balaban J connectivity index is 1.74. The quantitative estimate of drug-likeness (QED) is 0.847. The molecule has 128 valence electrons. The number of halogens is 1. The van der Waals surface area contributed by atoms with Gasteiger partial charge in [-0.3, -0.25) is 4.79 Å². The zero-order valence-electron chi connectivity index (χ0n) is 13.7.